The van der Waals surface area contributed by atoms with Crippen molar-refractivity contribution in [1.82, 2.24) is 10.6 Å². The molecular formula is C16H19N3O3. The third-order valence-electron chi connectivity index (χ3n) is 3.43. The van der Waals surface area contributed by atoms with E-state index in [4.69, 9.17) is 10.00 Å². The lowest BCUT2D eigenvalue weighted by Gasteiger charge is -2.17. The zero-order valence-corrected chi connectivity index (χ0v) is 12.2. The maximum atomic E-state index is 11.9. The molecule has 0 aromatic heterocycles. The lowest BCUT2D eigenvalue weighted by atomic mass is 10.1. The number of benzene rings is 1. The van der Waals surface area contributed by atoms with Crippen LogP contribution in [0.3, 0.4) is 0 Å². The molecule has 1 fully saturated rings. The molecule has 0 saturated heterocycles. The highest BCUT2D eigenvalue weighted by atomic mass is 16.5. The van der Waals surface area contributed by atoms with Crippen molar-refractivity contribution in [2.24, 2.45) is 5.92 Å². The second kappa shape index (κ2) is 8.03. The quantitative estimate of drug-likeness (QED) is 0.750. The third-order valence-corrected chi connectivity index (χ3v) is 3.43. The van der Waals surface area contributed by atoms with Crippen LogP contribution in [-0.4, -0.2) is 24.6 Å². The van der Waals surface area contributed by atoms with Gasteiger partial charge in [0.2, 0.25) is 5.91 Å². The van der Waals surface area contributed by atoms with Gasteiger partial charge in [-0.15, -0.1) is 0 Å². The molecule has 6 nitrogen and oxygen atoms in total. The Balaban J connectivity index is 1.81. The summed E-state index contributed by atoms with van der Waals surface area (Å²) in [6.07, 6.45) is 2.10. The maximum Gasteiger partial charge on any atom is 0.408 e. The number of carbonyl (C=O) groups excluding carboxylic acids is 2. The van der Waals surface area contributed by atoms with Crippen molar-refractivity contribution in [2.75, 3.05) is 6.54 Å². The van der Waals surface area contributed by atoms with Gasteiger partial charge in [-0.05, 0) is 17.9 Å². The van der Waals surface area contributed by atoms with Crippen LogP contribution < -0.4 is 10.6 Å². The molecule has 2 N–H and O–H groups in total. The van der Waals surface area contributed by atoms with Crippen LogP contribution in [-0.2, 0) is 16.1 Å². The summed E-state index contributed by atoms with van der Waals surface area (Å²) in [4.78, 5) is 23.8. The zero-order valence-electron chi connectivity index (χ0n) is 12.2. The molecule has 1 aliphatic rings. The minimum atomic E-state index is -0.649. The highest BCUT2D eigenvalue weighted by Gasteiger charge is 2.30. The average molecular weight is 301 g/mol. The minimum absolute atomic E-state index is 0.0687. The Morgan fingerprint density at radius 2 is 2.05 bits per heavy atom. The van der Waals surface area contributed by atoms with Crippen LogP contribution in [0.2, 0.25) is 0 Å². The first kappa shape index (κ1) is 15.8. The van der Waals surface area contributed by atoms with Crippen molar-refractivity contribution in [1.29, 1.82) is 5.26 Å². The molecule has 0 unspecified atom stereocenters. The molecule has 0 radical (unpaired) electrons. The van der Waals surface area contributed by atoms with Gasteiger partial charge in [0.25, 0.3) is 0 Å². The van der Waals surface area contributed by atoms with Gasteiger partial charge in [0.05, 0.1) is 6.07 Å². The predicted octanol–water partition coefficient (Wildman–Crippen LogP) is 1.72. The fourth-order valence-electron chi connectivity index (χ4n) is 2.08. The van der Waals surface area contributed by atoms with Gasteiger partial charge in [-0.1, -0.05) is 43.2 Å². The summed E-state index contributed by atoms with van der Waals surface area (Å²) in [5, 5.41) is 13.6. The highest BCUT2D eigenvalue weighted by Crippen LogP contribution is 2.33. The van der Waals surface area contributed by atoms with E-state index in [9.17, 15) is 9.59 Å². The van der Waals surface area contributed by atoms with Crippen LogP contribution in [0.5, 0.6) is 0 Å². The van der Waals surface area contributed by atoms with E-state index in [0.717, 1.165) is 18.4 Å². The Kier molecular flexibility index (Phi) is 5.78. The number of rotatable bonds is 7. The van der Waals surface area contributed by atoms with Gasteiger partial charge in [-0.2, -0.15) is 5.26 Å². The third kappa shape index (κ3) is 5.44. The van der Waals surface area contributed by atoms with Crippen LogP contribution in [0, 0.1) is 17.2 Å². The van der Waals surface area contributed by atoms with Crippen LogP contribution in [0.25, 0.3) is 0 Å². The fraction of sp³-hybridized carbons (Fsp3) is 0.438. The number of nitrogens with zero attached hydrogens (tertiary/aromatic N) is 1. The molecule has 0 heterocycles. The van der Waals surface area contributed by atoms with Crippen molar-refractivity contribution >= 4 is 12.0 Å². The zero-order chi connectivity index (χ0) is 15.8. The van der Waals surface area contributed by atoms with Gasteiger partial charge in [-0.25, -0.2) is 4.79 Å². The first-order chi connectivity index (χ1) is 10.7. The predicted molar refractivity (Wildman–Crippen MR) is 79.5 cm³/mol. The van der Waals surface area contributed by atoms with Crippen molar-refractivity contribution in [3.8, 4) is 6.07 Å². The molecule has 0 spiro atoms. The van der Waals surface area contributed by atoms with Gasteiger partial charge in [-0.3, -0.25) is 4.79 Å². The Hall–Kier alpha value is -2.55. The van der Waals surface area contributed by atoms with Crippen LogP contribution in [0.15, 0.2) is 30.3 Å². The fourth-order valence-corrected chi connectivity index (χ4v) is 2.08. The minimum Gasteiger partial charge on any atom is -0.445 e. The van der Waals surface area contributed by atoms with Gasteiger partial charge in [0, 0.05) is 0 Å². The summed E-state index contributed by atoms with van der Waals surface area (Å²) in [6.45, 7) is 0.0867. The number of nitrogens with one attached hydrogen (secondary N) is 2. The van der Waals surface area contributed by atoms with Gasteiger partial charge < -0.3 is 15.4 Å². The van der Waals surface area contributed by atoms with E-state index in [1.54, 1.807) is 0 Å². The first-order valence-corrected chi connectivity index (χ1v) is 7.31. The Labute approximate surface area is 129 Å². The summed E-state index contributed by atoms with van der Waals surface area (Å²) in [5.74, 6) is 0.123. The molecule has 0 bridgehead atoms. The monoisotopic (exact) mass is 301 g/mol. The molecule has 1 aliphatic carbocycles. The van der Waals surface area contributed by atoms with Crippen molar-refractivity contribution in [3.05, 3.63) is 35.9 Å². The van der Waals surface area contributed by atoms with Crippen LogP contribution in [0.1, 0.15) is 24.8 Å². The van der Waals surface area contributed by atoms with Crippen molar-refractivity contribution < 1.29 is 14.3 Å². The number of ether oxygens (including phenoxy) is 1. The smallest absolute Gasteiger partial charge is 0.408 e. The van der Waals surface area contributed by atoms with E-state index in [-0.39, 0.29) is 19.1 Å². The van der Waals surface area contributed by atoms with Gasteiger partial charge in [0.15, 0.2) is 0 Å². The summed E-state index contributed by atoms with van der Waals surface area (Å²) in [5.41, 5.74) is 0.880. The Morgan fingerprint density at radius 3 is 2.68 bits per heavy atom. The van der Waals surface area contributed by atoms with Crippen molar-refractivity contribution in [3.63, 3.8) is 0 Å². The largest absolute Gasteiger partial charge is 0.445 e. The number of alkyl carbamates (subject to hydrolysis) is 1. The van der Waals surface area contributed by atoms with E-state index in [0.29, 0.717) is 12.3 Å². The van der Waals surface area contributed by atoms with E-state index in [2.05, 4.69) is 10.6 Å². The summed E-state index contributed by atoms with van der Waals surface area (Å²) in [7, 11) is 0. The first-order valence-electron chi connectivity index (χ1n) is 7.31. The number of hydrogen-bond donors (Lipinski definition) is 2. The molecule has 2 rings (SSSR count). The molecular weight excluding hydrogens is 282 g/mol. The Morgan fingerprint density at radius 1 is 1.32 bits per heavy atom. The molecule has 116 valence electrons. The molecule has 1 aromatic rings. The molecule has 6 heteroatoms. The molecule has 1 aromatic carbocycles. The lowest BCUT2D eigenvalue weighted by molar-refractivity contribution is -0.123. The van der Waals surface area contributed by atoms with Gasteiger partial charge >= 0.3 is 6.09 Å². The Bertz CT molecular complexity index is 550. The summed E-state index contributed by atoms with van der Waals surface area (Å²) in [6, 6.07) is 10.5. The topological polar surface area (TPSA) is 91.2 Å². The molecule has 2 amide bonds. The van der Waals surface area contributed by atoms with E-state index >= 15 is 0 Å². The second-order valence-corrected chi connectivity index (χ2v) is 5.31. The maximum absolute atomic E-state index is 11.9. The van der Waals surface area contributed by atoms with Crippen LogP contribution >= 0.6 is 0 Å². The second-order valence-electron chi connectivity index (χ2n) is 5.31. The SMILES string of the molecule is N#CCNC(=O)[C@H](CC1CC1)NC(=O)OCc1ccccc1. The molecule has 1 saturated carbocycles. The van der Waals surface area contributed by atoms with E-state index < -0.39 is 12.1 Å². The number of carbonyl (C=O) groups is 2. The standard InChI is InChI=1S/C16H19N3O3/c17-8-9-18-15(20)14(10-12-6-7-12)19-16(21)22-11-13-4-2-1-3-5-13/h1-5,12,14H,6-7,9-11H2,(H,18,20)(H,19,21)/t14-/m0/s1. The lowest BCUT2D eigenvalue weighted by Crippen LogP contribution is -2.47. The number of hydrogen-bond acceptors (Lipinski definition) is 4. The summed E-state index contributed by atoms with van der Waals surface area (Å²) < 4.78 is 5.12. The van der Waals surface area contributed by atoms with E-state index in [1.807, 2.05) is 36.4 Å². The molecule has 0 aliphatic heterocycles. The highest BCUT2D eigenvalue weighted by molar-refractivity contribution is 5.85. The van der Waals surface area contributed by atoms with Crippen LogP contribution in [0.4, 0.5) is 4.79 Å². The average Bonchev–Trinajstić information content (AvgIpc) is 3.35. The summed E-state index contributed by atoms with van der Waals surface area (Å²) >= 11 is 0. The molecule has 1 atom stereocenters. The number of amides is 2. The van der Waals surface area contributed by atoms with Gasteiger partial charge in [0.1, 0.15) is 19.2 Å². The van der Waals surface area contributed by atoms with Crippen molar-refractivity contribution in [2.45, 2.75) is 31.9 Å². The molecule has 22 heavy (non-hydrogen) atoms. The normalized spacial score (nSPS) is 14.5. The number of nitriles is 1. The van der Waals surface area contributed by atoms with E-state index in [1.165, 1.54) is 0 Å².